The number of pyridine rings is 1. The smallest absolute Gasteiger partial charge is 0.202 e. The van der Waals surface area contributed by atoms with Crippen molar-refractivity contribution in [3.63, 3.8) is 0 Å². The Balaban J connectivity index is 2.05. The van der Waals surface area contributed by atoms with Crippen molar-refractivity contribution in [2.75, 3.05) is 5.73 Å². The van der Waals surface area contributed by atoms with Crippen LogP contribution in [0.1, 0.15) is 11.1 Å². The van der Waals surface area contributed by atoms with Gasteiger partial charge in [-0.2, -0.15) is 0 Å². The van der Waals surface area contributed by atoms with Crippen LogP contribution in [-0.4, -0.2) is 14.5 Å². The second-order valence-corrected chi connectivity index (χ2v) is 4.97. The van der Waals surface area contributed by atoms with Gasteiger partial charge >= 0.3 is 0 Å². The summed E-state index contributed by atoms with van der Waals surface area (Å²) in [6.07, 6.45) is 1.61. The van der Waals surface area contributed by atoms with E-state index in [1.807, 2.05) is 4.57 Å². The molecule has 0 atom stereocenters. The van der Waals surface area contributed by atoms with Gasteiger partial charge in [-0.1, -0.05) is 41.4 Å². The molecule has 1 aromatic carbocycles. The molecule has 2 heterocycles. The number of nitrogen functional groups attached to an aromatic ring is 1. The molecular formula is C14H13ClN4. The Morgan fingerprint density at radius 2 is 2.00 bits per heavy atom. The molecule has 19 heavy (non-hydrogen) atoms. The highest BCUT2D eigenvalue weighted by molar-refractivity contribution is 6.31. The Morgan fingerprint density at radius 3 is 2.74 bits per heavy atom. The fourth-order valence-corrected chi connectivity index (χ4v) is 2.19. The largest absolute Gasteiger partial charge is 0.369 e. The summed E-state index contributed by atoms with van der Waals surface area (Å²) in [7, 11) is 0. The van der Waals surface area contributed by atoms with Crippen LogP contribution in [0.3, 0.4) is 0 Å². The number of aromatic nitrogens is 3. The van der Waals surface area contributed by atoms with Crippen LogP contribution in [0.5, 0.6) is 0 Å². The highest BCUT2D eigenvalue weighted by Crippen LogP contribution is 2.20. The second kappa shape index (κ2) is 4.55. The topological polar surface area (TPSA) is 56.7 Å². The first-order chi connectivity index (χ1) is 9.13. The average molecular weight is 273 g/mol. The van der Waals surface area contributed by atoms with Gasteiger partial charge in [0.2, 0.25) is 5.95 Å². The normalized spacial score (nSPS) is 11.1. The number of hydrogen-bond donors (Lipinski definition) is 1. The molecule has 2 aromatic heterocycles. The number of rotatable bonds is 2. The second-order valence-electron chi connectivity index (χ2n) is 4.54. The summed E-state index contributed by atoms with van der Waals surface area (Å²) >= 11 is 5.91. The van der Waals surface area contributed by atoms with E-state index in [0.29, 0.717) is 17.5 Å². The van der Waals surface area contributed by atoms with Crippen LogP contribution in [0.15, 0.2) is 36.5 Å². The Kier molecular flexibility index (Phi) is 2.87. The molecule has 0 aliphatic rings. The highest BCUT2D eigenvalue weighted by atomic mass is 35.5. The van der Waals surface area contributed by atoms with E-state index < -0.39 is 0 Å². The van der Waals surface area contributed by atoms with Crippen LogP contribution in [0.4, 0.5) is 5.95 Å². The molecule has 0 aliphatic carbocycles. The van der Waals surface area contributed by atoms with Gasteiger partial charge in [0.05, 0.1) is 11.6 Å². The summed E-state index contributed by atoms with van der Waals surface area (Å²) in [6.45, 7) is 2.71. The molecule has 3 aromatic rings. The maximum absolute atomic E-state index is 5.95. The first kappa shape index (κ1) is 12.0. The van der Waals surface area contributed by atoms with Gasteiger partial charge in [-0.25, -0.2) is 9.97 Å². The Labute approximate surface area is 115 Å². The first-order valence-corrected chi connectivity index (χ1v) is 6.34. The van der Waals surface area contributed by atoms with Crippen LogP contribution in [0.25, 0.3) is 11.2 Å². The number of benzene rings is 1. The van der Waals surface area contributed by atoms with E-state index in [2.05, 4.69) is 41.2 Å². The zero-order valence-electron chi connectivity index (χ0n) is 10.5. The minimum Gasteiger partial charge on any atom is -0.369 e. The van der Waals surface area contributed by atoms with E-state index in [0.717, 1.165) is 16.7 Å². The lowest BCUT2D eigenvalue weighted by Gasteiger charge is -2.06. The summed E-state index contributed by atoms with van der Waals surface area (Å²) in [5, 5.41) is 0.562. The number of imidazole rings is 1. The number of hydrogen-bond acceptors (Lipinski definition) is 3. The standard InChI is InChI=1S/C14H13ClN4/c1-9-2-4-10(5-3-9)8-19-13-12(18-14(19)16)6-11(15)7-17-13/h2-7H,8H2,1H3,(H2,16,18). The van der Waals surface area contributed by atoms with Crippen LogP contribution in [-0.2, 0) is 6.54 Å². The van der Waals surface area contributed by atoms with Crippen LogP contribution < -0.4 is 5.73 Å². The molecule has 0 spiro atoms. The lowest BCUT2D eigenvalue weighted by Crippen LogP contribution is -2.05. The van der Waals surface area contributed by atoms with Gasteiger partial charge in [0.1, 0.15) is 5.52 Å². The minimum atomic E-state index is 0.449. The Hall–Kier alpha value is -2.07. The van der Waals surface area contributed by atoms with E-state index in [9.17, 15) is 0 Å². The van der Waals surface area contributed by atoms with Crippen molar-refractivity contribution in [2.24, 2.45) is 0 Å². The van der Waals surface area contributed by atoms with Gasteiger partial charge in [-0.15, -0.1) is 0 Å². The molecule has 3 rings (SSSR count). The van der Waals surface area contributed by atoms with Crippen molar-refractivity contribution < 1.29 is 0 Å². The summed E-state index contributed by atoms with van der Waals surface area (Å²) in [4.78, 5) is 8.59. The average Bonchev–Trinajstić information content (AvgIpc) is 2.68. The van der Waals surface area contributed by atoms with Crippen molar-refractivity contribution in [3.05, 3.63) is 52.7 Å². The van der Waals surface area contributed by atoms with E-state index in [1.165, 1.54) is 5.56 Å². The summed E-state index contributed by atoms with van der Waals surface area (Å²) < 4.78 is 1.89. The van der Waals surface area contributed by atoms with Crippen LogP contribution in [0.2, 0.25) is 5.02 Å². The van der Waals surface area contributed by atoms with E-state index >= 15 is 0 Å². The molecule has 0 saturated carbocycles. The predicted octanol–water partition coefficient (Wildman–Crippen LogP) is 3.02. The highest BCUT2D eigenvalue weighted by Gasteiger charge is 2.10. The van der Waals surface area contributed by atoms with Gasteiger partial charge in [-0.05, 0) is 18.6 Å². The monoisotopic (exact) mass is 272 g/mol. The molecule has 5 heteroatoms. The van der Waals surface area contributed by atoms with E-state index in [4.69, 9.17) is 17.3 Å². The summed E-state index contributed by atoms with van der Waals surface area (Å²) in [6, 6.07) is 10.1. The minimum absolute atomic E-state index is 0.449. The summed E-state index contributed by atoms with van der Waals surface area (Å²) in [5.74, 6) is 0.449. The molecule has 96 valence electrons. The zero-order chi connectivity index (χ0) is 13.4. The molecule has 2 N–H and O–H groups in total. The van der Waals surface area contributed by atoms with Gasteiger partial charge in [-0.3, -0.25) is 4.57 Å². The van der Waals surface area contributed by atoms with Crippen molar-refractivity contribution in [1.29, 1.82) is 0 Å². The zero-order valence-corrected chi connectivity index (χ0v) is 11.2. The summed E-state index contributed by atoms with van der Waals surface area (Å²) in [5.41, 5.74) is 9.82. The van der Waals surface area contributed by atoms with Crippen LogP contribution >= 0.6 is 11.6 Å². The number of anilines is 1. The molecule has 0 fully saturated rings. The van der Waals surface area contributed by atoms with Gasteiger partial charge in [0, 0.05) is 6.20 Å². The number of halogens is 1. The lowest BCUT2D eigenvalue weighted by molar-refractivity contribution is 0.827. The molecule has 0 amide bonds. The van der Waals surface area contributed by atoms with E-state index in [1.54, 1.807) is 12.3 Å². The maximum Gasteiger partial charge on any atom is 0.202 e. The molecule has 0 aliphatic heterocycles. The molecule has 4 nitrogen and oxygen atoms in total. The van der Waals surface area contributed by atoms with Gasteiger partial charge < -0.3 is 5.73 Å². The van der Waals surface area contributed by atoms with E-state index in [-0.39, 0.29) is 0 Å². The number of fused-ring (bicyclic) bond motifs is 1. The SMILES string of the molecule is Cc1ccc(Cn2c(N)nc3cc(Cl)cnc32)cc1. The fraction of sp³-hybridized carbons (Fsp3) is 0.143. The quantitative estimate of drug-likeness (QED) is 0.780. The third-order valence-corrected chi connectivity index (χ3v) is 3.25. The van der Waals surface area contributed by atoms with Crippen molar-refractivity contribution in [3.8, 4) is 0 Å². The molecule has 0 unspecified atom stereocenters. The van der Waals surface area contributed by atoms with Crippen molar-refractivity contribution in [2.45, 2.75) is 13.5 Å². The molecular weight excluding hydrogens is 260 g/mol. The Morgan fingerprint density at radius 1 is 1.26 bits per heavy atom. The lowest BCUT2D eigenvalue weighted by atomic mass is 10.1. The van der Waals surface area contributed by atoms with Gasteiger partial charge in [0.25, 0.3) is 0 Å². The number of nitrogens with zero attached hydrogens (tertiary/aromatic N) is 3. The molecule has 0 saturated heterocycles. The van der Waals surface area contributed by atoms with Gasteiger partial charge in [0.15, 0.2) is 5.65 Å². The number of aryl methyl sites for hydroxylation is 1. The van der Waals surface area contributed by atoms with Crippen molar-refractivity contribution in [1.82, 2.24) is 14.5 Å². The first-order valence-electron chi connectivity index (χ1n) is 5.96. The predicted molar refractivity (Wildman–Crippen MR) is 77.2 cm³/mol. The number of nitrogens with two attached hydrogens (primary N) is 1. The third-order valence-electron chi connectivity index (χ3n) is 3.04. The fourth-order valence-electron chi connectivity index (χ4n) is 2.04. The van der Waals surface area contributed by atoms with Crippen molar-refractivity contribution >= 4 is 28.7 Å². The molecule has 0 radical (unpaired) electrons. The Bertz CT molecular complexity index is 731. The van der Waals surface area contributed by atoms with Crippen LogP contribution in [0, 0.1) is 6.92 Å². The maximum atomic E-state index is 5.95. The third kappa shape index (κ3) is 2.27. The molecule has 0 bridgehead atoms.